The number of fused-ring (bicyclic) bond motifs is 1. The molecule has 1 saturated carbocycles. The zero-order valence-corrected chi connectivity index (χ0v) is 16.5. The minimum atomic E-state index is -0.835. The summed E-state index contributed by atoms with van der Waals surface area (Å²) in [6.45, 7) is 11.0. The molecule has 27 heavy (non-hydrogen) atoms. The number of carbonyl (C=O) groups is 1. The SMILES string of the molecule is C=C[C@]12CNC[C@@]1(N)C[C@H](C(=O)NC(C)(C)C(=N)c1cccc(C)c1N)C2. The van der Waals surface area contributed by atoms with Gasteiger partial charge in [-0.05, 0) is 39.2 Å². The van der Waals surface area contributed by atoms with Crippen LogP contribution < -0.4 is 22.1 Å². The van der Waals surface area contributed by atoms with Crippen LogP contribution in [0.15, 0.2) is 30.9 Å². The van der Waals surface area contributed by atoms with Crippen LogP contribution in [0.2, 0.25) is 0 Å². The van der Waals surface area contributed by atoms with Gasteiger partial charge >= 0.3 is 0 Å². The Hall–Kier alpha value is -2.18. The third-order valence-electron chi connectivity index (χ3n) is 6.51. The van der Waals surface area contributed by atoms with Crippen molar-refractivity contribution in [1.29, 1.82) is 5.41 Å². The molecule has 1 aliphatic heterocycles. The number of amides is 1. The van der Waals surface area contributed by atoms with Crippen LogP contribution in [0, 0.1) is 23.7 Å². The smallest absolute Gasteiger partial charge is 0.223 e. The van der Waals surface area contributed by atoms with E-state index < -0.39 is 11.1 Å². The lowest BCUT2D eigenvalue weighted by molar-refractivity contribution is -0.126. The van der Waals surface area contributed by atoms with Crippen LogP contribution >= 0.6 is 0 Å². The van der Waals surface area contributed by atoms with Gasteiger partial charge in [-0.3, -0.25) is 4.79 Å². The van der Waals surface area contributed by atoms with Crippen LogP contribution in [0.1, 0.15) is 37.8 Å². The Balaban J connectivity index is 1.76. The number of nitrogen functional groups attached to an aromatic ring is 1. The standard InChI is InChI=1S/C21H31N5O/c1-5-20-9-14(10-21(20,24)12-25-11-20)18(27)26-19(3,4)17(23)15-8-6-7-13(2)16(15)22/h5-8,14,23,25H,1,9-12,22,24H2,2-4H3,(H,26,27)/t14-,20+,21+/m1/s1. The van der Waals surface area contributed by atoms with Crippen molar-refractivity contribution < 1.29 is 4.79 Å². The van der Waals surface area contributed by atoms with E-state index in [2.05, 4.69) is 17.2 Å². The molecular formula is C21H31N5O. The van der Waals surface area contributed by atoms with Crippen molar-refractivity contribution in [2.45, 2.75) is 44.7 Å². The van der Waals surface area contributed by atoms with Gasteiger partial charge in [-0.15, -0.1) is 6.58 Å². The van der Waals surface area contributed by atoms with Gasteiger partial charge < -0.3 is 27.5 Å². The third-order valence-corrected chi connectivity index (χ3v) is 6.51. The molecule has 146 valence electrons. The first-order valence-corrected chi connectivity index (χ1v) is 9.45. The van der Waals surface area contributed by atoms with Crippen LogP contribution in [0.3, 0.4) is 0 Å². The molecule has 0 radical (unpaired) electrons. The molecule has 0 bridgehead atoms. The maximum Gasteiger partial charge on any atom is 0.223 e. The molecule has 0 spiro atoms. The summed E-state index contributed by atoms with van der Waals surface area (Å²) in [6, 6.07) is 5.62. The maximum absolute atomic E-state index is 13.0. The zero-order chi connectivity index (χ0) is 20.0. The lowest BCUT2D eigenvalue weighted by Crippen LogP contribution is -2.52. The van der Waals surface area contributed by atoms with Gasteiger partial charge in [0.2, 0.25) is 5.91 Å². The van der Waals surface area contributed by atoms with Gasteiger partial charge in [-0.2, -0.15) is 0 Å². The average Bonchev–Trinajstić information content (AvgIpc) is 3.06. The number of anilines is 1. The topological polar surface area (TPSA) is 117 Å². The molecule has 1 heterocycles. The second-order valence-electron chi connectivity index (χ2n) is 8.75. The van der Waals surface area contributed by atoms with E-state index >= 15 is 0 Å². The summed E-state index contributed by atoms with van der Waals surface area (Å²) in [7, 11) is 0. The van der Waals surface area contributed by atoms with Gasteiger partial charge in [-0.1, -0.05) is 24.3 Å². The summed E-state index contributed by atoms with van der Waals surface area (Å²) < 4.78 is 0. The average molecular weight is 370 g/mol. The van der Waals surface area contributed by atoms with Gasteiger partial charge in [0, 0.05) is 41.2 Å². The van der Waals surface area contributed by atoms with E-state index in [0.717, 1.165) is 12.1 Å². The Morgan fingerprint density at radius 3 is 2.74 bits per heavy atom. The number of benzene rings is 1. The first-order chi connectivity index (χ1) is 12.6. The molecule has 0 unspecified atom stereocenters. The number of para-hydroxylation sites is 1. The van der Waals surface area contributed by atoms with Crippen molar-refractivity contribution in [1.82, 2.24) is 10.6 Å². The second kappa shape index (κ2) is 6.46. The van der Waals surface area contributed by atoms with E-state index in [1.807, 2.05) is 45.0 Å². The Morgan fingerprint density at radius 1 is 1.41 bits per heavy atom. The Labute approximate surface area is 161 Å². The summed E-state index contributed by atoms with van der Waals surface area (Å²) in [4.78, 5) is 13.0. The Morgan fingerprint density at radius 2 is 2.11 bits per heavy atom. The summed E-state index contributed by atoms with van der Waals surface area (Å²) in [5.41, 5.74) is 13.7. The lowest BCUT2D eigenvalue weighted by Gasteiger charge is -2.33. The summed E-state index contributed by atoms with van der Waals surface area (Å²) >= 11 is 0. The number of rotatable bonds is 5. The number of aryl methyl sites for hydroxylation is 1. The normalized spacial score (nSPS) is 30.0. The molecule has 0 aromatic heterocycles. The molecule has 1 saturated heterocycles. The maximum atomic E-state index is 13.0. The van der Waals surface area contributed by atoms with Crippen LogP contribution in [0.4, 0.5) is 5.69 Å². The highest BCUT2D eigenvalue weighted by atomic mass is 16.2. The van der Waals surface area contributed by atoms with Gasteiger partial charge in [-0.25, -0.2) is 0 Å². The molecule has 3 rings (SSSR count). The molecule has 6 nitrogen and oxygen atoms in total. The summed E-state index contributed by atoms with van der Waals surface area (Å²) in [6.07, 6.45) is 3.22. The van der Waals surface area contributed by atoms with Crippen LogP contribution in [0.25, 0.3) is 0 Å². The van der Waals surface area contributed by atoms with Crippen LogP contribution in [0.5, 0.6) is 0 Å². The Bertz CT molecular complexity index is 802. The van der Waals surface area contributed by atoms with Crippen LogP contribution in [-0.2, 0) is 4.79 Å². The number of nitrogens with two attached hydrogens (primary N) is 2. The van der Waals surface area contributed by atoms with Gasteiger partial charge in [0.15, 0.2) is 0 Å². The van der Waals surface area contributed by atoms with E-state index in [0.29, 0.717) is 36.3 Å². The molecule has 1 aromatic rings. The summed E-state index contributed by atoms with van der Waals surface area (Å²) in [5, 5.41) is 15.0. The minimum absolute atomic E-state index is 0.0589. The predicted molar refractivity (Wildman–Crippen MR) is 110 cm³/mol. The minimum Gasteiger partial charge on any atom is -0.398 e. The number of nitrogens with one attached hydrogen (secondary N) is 3. The fourth-order valence-corrected chi connectivity index (χ4v) is 4.62. The lowest BCUT2D eigenvalue weighted by atomic mass is 9.75. The van der Waals surface area contributed by atoms with Crippen molar-refractivity contribution >= 4 is 17.3 Å². The quantitative estimate of drug-likeness (QED) is 0.309. The molecule has 1 aromatic carbocycles. The largest absolute Gasteiger partial charge is 0.398 e. The summed E-state index contributed by atoms with van der Waals surface area (Å²) in [5.74, 6) is -0.242. The molecule has 1 aliphatic carbocycles. The van der Waals surface area contributed by atoms with E-state index in [-0.39, 0.29) is 17.2 Å². The first kappa shape index (κ1) is 19.6. The zero-order valence-electron chi connectivity index (χ0n) is 16.5. The molecule has 6 heteroatoms. The molecule has 2 fully saturated rings. The fraction of sp³-hybridized carbons (Fsp3) is 0.524. The molecular weight excluding hydrogens is 338 g/mol. The highest BCUT2D eigenvalue weighted by Crippen LogP contribution is 2.51. The molecule has 1 amide bonds. The number of hydrogen-bond acceptors (Lipinski definition) is 5. The Kier molecular flexibility index (Phi) is 4.68. The molecule has 7 N–H and O–H groups in total. The van der Waals surface area contributed by atoms with Gasteiger partial charge in [0.05, 0.1) is 11.3 Å². The number of hydrogen-bond donors (Lipinski definition) is 5. The highest BCUT2D eigenvalue weighted by molar-refractivity contribution is 6.10. The molecule has 3 atom stereocenters. The van der Waals surface area contributed by atoms with Crippen molar-refractivity contribution in [3.63, 3.8) is 0 Å². The number of carbonyl (C=O) groups excluding carboxylic acids is 1. The second-order valence-corrected chi connectivity index (χ2v) is 8.75. The van der Waals surface area contributed by atoms with Gasteiger partial charge in [0.1, 0.15) is 0 Å². The predicted octanol–water partition coefficient (Wildman–Crippen LogP) is 1.72. The van der Waals surface area contributed by atoms with Gasteiger partial charge in [0.25, 0.3) is 0 Å². The van der Waals surface area contributed by atoms with Crippen LogP contribution in [-0.4, -0.2) is 35.8 Å². The monoisotopic (exact) mass is 369 g/mol. The molecule has 2 aliphatic rings. The van der Waals surface area contributed by atoms with E-state index in [4.69, 9.17) is 16.9 Å². The van der Waals surface area contributed by atoms with Crippen molar-refractivity contribution in [3.8, 4) is 0 Å². The van der Waals surface area contributed by atoms with Crippen molar-refractivity contribution in [2.75, 3.05) is 18.8 Å². The fourth-order valence-electron chi connectivity index (χ4n) is 4.62. The first-order valence-electron chi connectivity index (χ1n) is 9.45. The third kappa shape index (κ3) is 3.07. The highest BCUT2D eigenvalue weighted by Gasteiger charge is 2.58. The van der Waals surface area contributed by atoms with Crippen molar-refractivity contribution in [3.05, 3.63) is 42.0 Å². The van der Waals surface area contributed by atoms with E-state index in [9.17, 15) is 4.79 Å². The van der Waals surface area contributed by atoms with Crippen molar-refractivity contribution in [2.24, 2.45) is 17.1 Å². The van der Waals surface area contributed by atoms with E-state index in [1.54, 1.807) is 0 Å². The van der Waals surface area contributed by atoms with E-state index in [1.165, 1.54) is 0 Å².